The number of nitrogens with one attached hydrogen (secondary N) is 1. The van der Waals surface area contributed by atoms with Crippen LogP contribution in [0.5, 0.6) is 0 Å². The van der Waals surface area contributed by atoms with Gasteiger partial charge in [-0.15, -0.1) is 0 Å². The molecule has 1 heterocycles. The van der Waals surface area contributed by atoms with E-state index >= 15 is 0 Å². The topological polar surface area (TPSA) is 58.6 Å². The molecule has 1 aliphatic rings. The lowest BCUT2D eigenvalue weighted by molar-refractivity contribution is -0.121. The Kier molecular flexibility index (Phi) is 5.65. The van der Waals surface area contributed by atoms with E-state index in [1.807, 2.05) is 0 Å². The van der Waals surface area contributed by atoms with Gasteiger partial charge in [0.2, 0.25) is 5.91 Å². The summed E-state index contributed by atoms with van der Waals surface area (Å²) in [6, 6.07) is 0. The Morgan fingerprint density at radius 2 is 2.33 bits per heavy atom. The maximum absolute atomic E-state index is 11.3. The average molecular weight is 215 g/mol. The lowest BCUT2D eigenvalue weighted by Gasteiger charge is -2.10. The summed E-state index contributed by atoms with van der Waals surface area (Å²) in [5.41, 5.74) is 0. The number of aliphatic hydroxyl groups excluding tert-OH is 1. The zero-order valence-corrected chi connectivity index (χ0v) is 9.37. The minimum atomic E-state index is 0.0617. The highest BCUT2D eigenvalue weighted by Gasteiger charge is 2.21. The molecular weight excluding hydrogens is 194 g/mol. The van der Waals surface area contributed by atoms with Gasteiger partial charge in [-0.2, -0.15) is 0 Å². The summed E-state index contributed by atoms with van der Waals surface area (Å²) in [5.74, 6) is 0.0617. The Hall–Kier alpha value is -0.610. The van der Waals surface area contributed by atoms with Crippen LogP contribution in [-0.4, -0.2) is 36.4 Å². The number of hydrogen-bond donors (Lipinski definition) is 2. The van der Waals surface area contributed by atoms with Crippen LogP contribution in [0.4, 0.5) is 0 Å². The third-order valence-corrected chi connectivity index (χ3v) is 2.67. The van der Waals surface area contributed by atoms with Crippen molar-refractivity contribution in [3.8, 4) is 0 Å². The van der Waals surface area contributed by atoms with Crippen molar-refractivity contribution in [1.29, 1.82) is 0 Å². The summed E-state index contributed by atoms with van der Waals surface area (Å²) in [6.07, 6.45) is 4.78. The molecule has 0 aromatic carbocycles. The molecule has 15 heavy (non-hydrogen) atoms. The number of ether oxygens (including phenoxy) is 1. The minimum absolute atomic E-state index is 0.0617. The lowest BCUT2D eigenvalue weighted by Crippen LogP contribution is -2.26. The number of carbonyl (C=O) groups excluding carboxylic acids is 1. The number of carbonyl (C=O) groups is 1. The van der Waals surface area contributed by atoms with Gasteiger partial charge in [0.05, 0.1) is 12.2 Å². The molecule has 1 rings (SSSR count). The van der Waals surface area contributed by atoms with Gasteiger partial charge in [0.15, 0.2) is 0 Å². The number of hydrogen-bond acceptors (Lipinski definition) is 3. The highest BCUT2D eigenvalue weighted by molar-refractivity contribution is 5.75. The van der Waals surface area contributed by atoms with Crippen molar-refractivity contribution in [2.24, 2.45) is 0 Å². The summed E-state index contributed by atoms with van der Waals surface area (Å²) in [7, 11) is 0. The molecule has 2 unspecified atom stereocenters. The van der Waals surface area contributed by atoms with Gasteiger partial charge in [-0.3, -0.25) is 4.79 Å². The predicted molar refractivity (Wildman–Crippen MR) is 57.5 cm³/mol. The van der Waals surface area contributed by atoms with Crippen molar-refractivity contribution < 1.29 is 14.6 Å². The van der Waals surface area contributed by atoms with Gasteiger partial charge in [0.25, 0.3) is 0 Å². The monoisotopic (exact) mass is 215 g/mol. The third kappa shape index (κ3) is 5.14. The van der Waals surface area contributed by atoms with E-state index < -0.39 is 0 Å². The Morgan fingerprint density at radius 3 is 2.93 bits per heavy atom. The van der Waals surface area contributed by atoms with Crippen molar-refractivity contribution >= 4 is 5.91 Å². The summed E-state index contributed by atoms with van der Waals surface area (Å²) < 4.78 is 5.62. The van der Waals surface area contributed by atoms with Crippen molar-refractivity contribution in [1.82, 2.24) is 5.32 Å². The van der Waals surface area contributed by atoms with E-state index in [0.29, 0.717) is 25.5 Å². The summed E-state index contributed by atoms with van der Waals surface area (Å²) in [5, 5.41) is 11.3. The Bertz CT molecular complexity index is 196. The van der Waals surface area contributed by atoms with Gasteiger partial charge in [-0.1, -0.05) is 0 Å². The highest BCUT2D eigenvalue weighted by Crippen LogP contribution is 2.22. The first kappa shape index (κ1) is 12.5. The predicted octanol–water partition coefficient (Wildman–Crippen LogP) is 0.833. The molecular formula is C11H21NO3. The van der Waals surface area contributed by atoms with Crippen molar-refractivity contribution in [3.63, 3.8) is 0 Å². The van der Waals surface area contributed by atoms with E-state index in [0.717, 1.165) is 19.3 Å². The van der Waals surface area contributed by atoms with Crippen molar-refractivity contribution in [2.45, 2.75) is 51.2 Å². The molecule has 2 atom stereocenters. The molecule has 4 heteroatoms. The van der Waals surface area contributed by atoms with Crippen LogP contribution in [0.3, 0.4) is 0 Å². The molecule has 0 aliphatic carbocycles. The third-order valence-electron chi connectivity index (χ3n) is 2.67. The van der Waals surface area contributed by atoms with Crippen LogP contribution in [0.1, 0.15) is 39.0 Å². The normalized spacial score (nSPS) is 25.5. The second kappa shape index (κ2) is 6.80. The van der Waals surface area contributed by atoms with E-state index in [9.17, 15) is 4.79 Å². The van der Waals surface area contributed by atoms with E-state index in [4.69, 9.17) is 9.84 Å². The molecule has 1 aliphatic heterocycles. The summed E-state index contributed by atoms with van der Waals surface area (Å²) in [6.45, 7) is 2.77. The molecule has 2 N–H and O–H groups in total. The average Bonchev–Trinajstić information content (AvgIpc) is 2.62. The fraction of sp³-hybridized carbons (Fsp3) is 0.909. The molecule has 4 nitrogen and oxygen atoms in total. The van der Waals surface area contributed by atoms with Crippen LogP contribution in [0, 0.1) is 0 Å². The fourth-order valence-electron chi connectivity index (χ4n) is 1.78. The molecule has 0 aromatic rings. The standard InChI is InChI=1S/C11H21NO3/c1-9-3-4-10(15-9)5-6-11(14)12-7-2-8-13/h9-10,13H,2-8H2,1H3,(H,12,14). The Balaban J connectivity index is 2.01. The van der Waals surface area contributed by atoms with Crippen molar-refractivity contribution in [2.75, 3.05) is 13.2 Å². The molecule has 88 valence electrons. The van der Waals surface area contributed by atoms with E-state index in [1.165, 1.54) is 0 Å². The van der Waals surface area contributed by atoms with Crippen LogP contribution < -0.4 is 5.32 Å². The van der Waals surface area contributed by atoms with E-state index in [2.05, 4.69) is 12.2 Å². The van der Waals surface area contributed by atoms with Gasteiger partial charge in [-0.05, 0) is 32.6 Å². The van der Waals surface area contributed by atoms with Crippen LogP contribution in [0.15, 0.2) is 0 Å². The zero-order chi connectivity index (χ0) is 11.1. The van der Waals surface area contributed by atoms with Crippen LogP contribution in [0.2, 0.25) is 0 Å². The molecule has 0 bridgehead atoms. The summed E-state index contributed by atoms with van der Waals surface area (Å²) in [4.78, 5) is 11.3. The van der Waals surface area contributed by atoms with E-state index in [-0.39, 0.29) is 18.6 Å². The number of amides is 1. The maximum Gasteiger partial charge on any atom is 0.220 e. The first-order chi connectivity index (χ1) is 7.22. The van der Waals surface area contributed by atoms with Gasteiger partial charge in [0, 0.05) is 19.6 Å². The van der Waals surface area contributed by atoms with Crippen LogP contribution in [0.25, 0.3) is 0 Å². The second-order valence-electron chi connectivity index (χ2n) is 4.11. The molecule has 0 saturated carbocycles. The zero-order valence-electron chi connectivity index (χ0n) is 9.37. The number of aliphatic hydroxyl groups is 1. The van der Waals surface area contributed by atoms with E-state index in [1.54, 1.807) is 0 Å². The van der Waals surface area contributed by atoms with Crippen LogP contribution in [-0.2, 0) is 9.53 Å². The van der Waals surface area contributed by atoms with Gasteiger partial charge in [-0.25, -0.2) is 0 Å². The van der Waals surface area contributed by atoms with Gasteiger partial charge in [0.1, 0.15) is 0 Å². The van der Waals surface area contributed by atoms with Gasteiger partial charge >= 0.3 is 0 Å². The smallest absolute Gasteiger partial charge is 0.220 e. The number of rotatable bonds is 6. The summed E-state index contributed by atoms with van der Waals surface area (Å²) >= 11 is 0. The quantitative estimate of drug-likeness (QED) is 0.645. The lowest BCUT2D eigenvalue weighted by atomic mass is 10.1. The molecule has 1 fully saturated rings. The van der Waals surface area contributed by atoms with Crippen LogP contribution >= 0.6 is 0 Å². The fourth-order valence-corrected chi connectivity index (χ4v) is 1.78. The second-order valence-corrected chi connectivity index (χ2v) is 4.11. The SMILES string of the molecule is CC1CCC(CCC(=O)NCCCO)O1. The minimum Gasteiger partial charge on any atom is -0.396 e. The van der Waals surface area contributed by atoms with Gasteiger partial charge < -0.3 is 15.2 Å². The highest BCUT2D eigenvalue weighted by atomic mass is 16.5. The molecule has 0 radical (unpaired) electrons. The maximum atomic E-state index is 11.3. The largest absolute Gasteiger partial charge is 0.396 e. The Labute approximate surface area is 91.0 Å². The molecule has 1 saturated heterocycles. The first-order valence-corrected chi connectivity index (χ1v) is 5.75. The Morgan fingerprint density at radius 1 is 1.53 bits per heavy atom. The van der Waals surface area contributed by atoms with Crippen molar-refractivity contribution in [3.05, 3.63) is 0 Å². The first-order valence-electron chi connectivity index (χ1n) is 5.75. The molecule has 1 amide bonds. The molecule has 0 aromatic heterocycles. The molecule has 0 spiro atoms.